The molecule has 0 saturated heterocycles. The number of ether oxygens (including phenoxy) is 1. The summed E-state index contributed by atoms with van der Waals surface area (Å²) >= 11 is 0. The number of allylic oxidation sites excluding steroid dienone is 2. The normalized spacial score (nSPS) is 19.8. The minimum Gasteiger partial charge on any atom is -0.507 e. The highest BCUT2D eigenvalue weighted by Gasteiger charge is 2.38. The van der Waals surface area contributed by atoms with Crippen LogP contribution in [0, 0.1) is 5.92 Å². The maximum Gasteiger partial charge on any atom is 0.311 e. The molecule has 0 fully saturated rings. The summed E-state index contributed by atoms with van der Waals surface area (Å²) in [5.74, 6) is -5.15. The lowest BCUT2D eigenvalue weighted by Crippen LogP contribution is -2.26. The largest absolute Gasteiger partial charge is 0.507 e. The van der Waals surface area contributed by atoms with Crippen molar-refractivity contribution >= 4 is 16.9 Å². The number of aliphatic hydroxyl groups is 2. The smallest absolute Gasteiger partial charge is 0.311 e. The molecule has 1 unspecified atom stereocenters. The lowest BCUT2D eigenvalue weighted by Gasteiger charge is -2.31. The molecule has 2 atom stereocenters. The molecule has 2 aliphatic rings. The number of carbonyl (C=O) groups excluding carboxylic acids is 1. The average molecular weight is 466 g/mol. The fourth-order valence-corrected chi connectivity index (χ4v) is 4.43. The number of hydrogen-bond acceptors (Lipinski definition) is 10. The maximum atomic E-state index is 13.0. The molecule has 0 bridgehead atoms. The molecular weight excluding hydrogens is 448 g/mol. The lowest BCUT2D eigenvalue weighted by molar-refractivity contribution is -0.136. The van der Waals surface area contributed by atoms with Gasteiger partial charge >= 0.3 is 5.97 Å². The number of aromatic hydroxyl groups is 4. The van der Waals surface area contributed by atoms with Crippen molar-refractivity contribution in [1.29, 1.82) is 0 Å². The monoisotopic (exact) mass is 466 g/mol. The van der Waals surface area contributed by atoms with Crippen molar-refractivity contribution in [3.63, 3.8) is 0 Å². The van der Waals surface area contributed by atoms with Crippen LogP contribution in [0.4, 0.5) is 0 Å². The van der Waals surface area contributed by atoms with Gasteiger partial charge in [-0.2, -0.15) is 0 Å². The Labute approximate surface area is 190 Å². The molecule has 5 rings (SSSR count). The highest BCUT2D eigenvalue weighted by atomic mass is 16.5. The number of esters is 1. The van der Waals surface area contributed by atoms with Gasteiger partial charge in [0.1, 0.15) is 22.5 Å². The zero-order valence-corrected chi connectivity index (χ0v) is 17.3. The summed E-state index contributed by atoms with van der Waals surface area (Å²) in [5.41, 5.74) is -0.780. The first-order valence-electron chi connectivity index (χ1n) is 10.2. The number of phenolic OH excluding ortho intramolecular Hbond substituents is 3. The van der Waals surface area contributed by atoms with Gasteiger partial charge in [0.25, 0.3) is 0 Å². The van der Waals surface area contributed by atoms with E-state index in [1.807, 2.05) is 0 Å². The van der Waals surface area contributed by atoms with Gasteiger partial charge in [-0.15, -0.1) is 0 Å². The van der Waals surface area contributed by atoms with Gasteiger partial charge in [0.15, 0.2) is 28.8 Å². The highest BCUT2D eigenvalue weighted by Crippen LogP contribution is 2.49. The van der Waals surface area contributed by atoms with Gasteiger partial charge in [0.2, 0.25) is 11.2 Å². The van der Waals surface area contributed by atoms with Gasteiger partial charge in [-0.25, -0.2) is 0 Å². The molecule has 10 nitrogen and oxygen atoms in total. The zero-order valence-electron chi connectivity index (χ0n) is 17.3. The minimum atomic E-state index is -0.959. The second-order valence-corrected chi connectivity index (χ2v) is 8.15. The quantitative estimate of drug-likeness (QED) is 0.186. The van der Waals surface area contributed by atoms with Gasteiger partial charge in [-0.3, -0.25) is 9.59 Å². The van der Waals surface area contributed by atoms with Crippen molar-refractivity contribution in [2.45, 2.75) is 18.8 Å². The molecule has 0 saturated carbocycles. The summed E-state index contributed by atoms with van der Waals surface area (Å²) in [4.78, 5) is 25.4. The fourth-order valence-electron chi connectivity index (χ4n) is 4.43. The summed E-state index contributed by atoms with van der Waals surface area (Å²) in [6, 6.07) is 4.62. The summed E-state index contributed by atoms with van der Waals surface area (Å²) in [6.45, 7) is 0. The van der Waals surface area contributed by atoms with Crippen LogP contribution in [0.25, 0.3) is 22.3 Å². The molecule has 0 amide bonds. The molecule has 1 aromatic heterocycles. The molecule has 1 aliphatic heterocycles. The van der Waals surface area contributed by atoms with E-state index in [0.29, 0.717) is 0 Å². The zero-order chi connectivity index (χ0) is 24.3. The Bertz CT molecular complexity index is 1490. The fraction of sp³-hybridized carbons (Fsp3) is 0.167. The SMILES string of the molecule is O=C1C[C@H](C2C=C(O)C(O)=CC2)c2c(cc(O)c3c(=O)c(O)c(-c4ccc(O)c(O)c4)oc23)O1. The maximum absolute atomic E-state index is 13.0. The first-order valence-corrected chi connectivity index (χ1v) is 10.2. The van der Waals surface area contributed by atoms with Crippen LogP contribution in [0.3, 0.4) is 0 Å². The van der Waals surface area contributed by atoms with E-state index < -0.39 is 46.2 Å². The number of phenols is 3. The van der Waals surface area contributed by atoms with Gasteiger partial charge < -0.3 is 39.8 Å². The third-order valence-corrected chi connectivity index (χ3v) is 6.08. The molecule has 2 aromatic carbocycles. The van der Waals surface area contributed by atoms with Gasteiger partial charge in [-0.05, 0) is 42.7 Å². The average Bonchev–Trinajstić information content (AvgIpc) is 2.78. The summed E-state index contributed by atoms with van der Waals surface area (Å²) in [5, 5.41) is 59.9. The van der Waals surface area contributed by atoms with Crippen molar-refractivity contribution < 1.29 is 44.6 Å². The Morgan fingerprint density at radius 2 is 1.65 bits per heavy atom. The van der Waals surface area contributed by atoms with Gasteiger partial charge in [0.05, 0.1) is 6.42 Å². The number of aliphatic hydroxyl groups excluding tert-OH is 2. The first kappa shape index (κ1) is 21.3. The molecule has 0 radical (unpaired) electrons. The molecule has 3 aromatic rings. The van der Waals surface area contributed by atoms with Crippen LogP contribution in [-0.2, 0) is 4.79 Å². The van der Waals surface area contributed by atoms with Crippen molar-refractivity contribution in [1.82, 2.24) is 0 Å². The van der Waals surface area contributed by atoms with Crippen LogP contribution >= 0.6 is 0 Å². The Morgan fingerprint density at radius 3 is 2.35 bits per heavy atom. The van der Waals surface area contributed by atoms with Crippen molar-refractivity contribution in [2.24, 2.45) is 5.92 Å². The van der Waals surface area contributed by atoms with Crippen LogP contribution in [0.5, 0.6) is 28.7 Å². The molecule has 0 spiro atoms. The summed E-state index contributed by atoms with van der Waals surface area (Å²) < 4.78 is 11.2. The van der Waals surface area contributed by atoms with E-state index >= 15 is 0 Å². The number of carbonyl (C=O) groups is 1. The van der Waals surface area contributed by atoms with Crippen LogP contribution in [0.2, 0.25) is 0 Å². The molecule has 6 N–H and O–H groups in total. The standard InChI is InChI=1S/C24H18O10/c25-12-3-1-9(5-14(12)27)11-7-18(30)33-17-8-16(29)20-21(31)22(32)23(34-24(20)19(11)17)10-2-4-13(26)15(28)6-10/h2-6,8-9,11,25-29,32H,1,7H2/t9?,11-/m1/s1. The number of hydrogen-bond donors (Lipinski definition) is 6. The van der Waals surface area contributed by atoms with Gasteiger partial charge in [0, 0.05) is 23.1 Å². The Morgan fingerprint density at radius 1 is 0.882 bits per heavy atom. The van der Waals surface area contributed by atoms with Crippen LogP contribution in [0.1, 0.15) is 24.3 Å². The minimum absolute atomic E-state index is 0.0498. The van der Waals surface area contributed by atoms with E-state index in [4.69, 9.17) is 9.15 Å². The van der Waals surface area contributed by atoms with E-state index in [1.54, 1.807) is 0 Å². The second-order valence-electron chi connectivity index (χ2n) is 8.15. The number of rotatable bonds is 2. The topological polar surface area (TPSA) is 178 Å². The predicted octanol–water partition coefficient (Wildman–Crippen LogP) is 3.58. The highest BCUT2D eigenvalue weighted by molar-refractivity contribution is 5.94. The van der Waals surface area contributed by atoms with Crippen LogP contribution in [0.15, 0.2) is 57.1 Å². The number of fused-ring (bicyclic) bond motifs is 3. The van der Waals surface area contributed by atoms with Crippen LogP contribution in [-0.4, -0.2) is 36.6 Å². The number of benzene rings is 2. The summed E-state index contributed by atoms with van der Waals surface area (Å²) in [6.07, 6.45) is 2.90. The Kier molecular flexibility index (Phi) is 4.67. The van der Waals surface area contributed by atoms with Crippen molar-refractivity contribution in [3.05, 3.63) is 63.7 Å². The van der Waals surface area contributed by atoms with E-state index in [-0.39, 0.29) is 58.0 Å². The molecular formula is C24H18O10. The van der Waals surface area contributed by atoms with Crippen molar-refractivity contribution in [3.8, 4) is 40.1 Å². The third-order valence-electron chi connectivity index (χ3n) is 6.08. The lowest BCUT2D eigenvalue weighted by atomic mass is 9.77. The summed E-state index contributed by atoms with van der Waals surface area (Å²) in [7, 11) is 0. The molecule has 174 valence electrons. The van der Waals surface area contributed by atoms with E-state index in [1.165, 1.54) is 18.2 Å². The molecule has 2 heterocycles. The van der Waals surface area contributed by atoms with E-state index in [9.17, 15) is 40.2 Å². The van der Waals surface area contributed by atoms with E-state index in [0.717, 1.165) is 18.2 Å². The Balaban J connectivity index is 1.80. The Hall–Kier alpha value is -4.60. The van der Waals surface area contributed by atoms with Crippen LogP contribution < -0.4 is 10.2 Å². The van der Waals surface area contributed by atoms with Gasteiger partial charge in [-0.1, -0.05) is 0 Å². The second kappa shape index (κ2) is 7.48. The predicted molar refractivity (Wildman–Crippen MR) is 117 cm³/mol. The third kappa shape index (κ3) is 3.19. The molecule has 1 aliphatic carbocycles. The van der Waals surface area contributed by atoms with E-state index in [2.05, 4.69) is 0 Å². The molecule has 10 heteroatoms. The van der Waals surface area contributed by atoms with Crippen molar-refractivity contribution in [2.75, 3.05) is 0 Å². The first-order chi connectivity index (χ1) is 16.2. The molecule has 34 heavy (non-hydrogen) atoms.